The van der Waals surface area contributed by atoms with Crippen LogP contribution >= 0.6 is 0 Å². The minimum atomic E-state index is -0.586. The van der Waals surface area contributed by atoms with E-state index in [1.807, 2.05) is 7.05 Å². The van der Waals surface area contributed by atoms with Crippen molar-refractivity contribution in [2.24, 2.45) is 0 Å². The van der Waals surface area contributed by atoms with E-state index in [1.54, 1.807) is 7.05 Å². The first-order chi connectivity index (χ1) is 10.4. The monoisotopic (exact) mass is 317 g/mol. The van der Waals surface area contributed by atoms with Crippen LogP contribution < -0.4 is 16.0 Å². The third-order valence-electron chi connectivity index (χ3n) is 3.13. The van der Waals surface area contributed by atoms with Gasteiger partial charge < -0.3 is 25.5 Å². The molecule has 7 nitrogen and oxygen atoms in total. The number of amides is 2. The highest BCUT2D eigenvalue weighted by atomic mass is 16.5. The first kappa shape index (κ1) is 22.6. The van der Waals surface area contributed by atoms with Crippen molar-refractivity contribution in [2.45, 2.75) is 51.5 Å². The van der Waals surface area contributed by atoms with Crippen LogP contribution in [0.1, 0.15) is 46.0 Å². The second kappa shape index (κ2) is 14.3. The fraction of sp³-hybridized carbons (Fsp3) is 0.800. The van der Waals surface area contributed by atoms with E-state index in [0.29, 0.717) is 12.7 Å². The van der Waals surface area contributed by atoms with Crippen LogP contribution in [-0.4, -0.2) is 51.6 Å². The number of alkyl carbamates (subject to hydrolysis) is 1. The summed E-state index contributed by atoms with van der Waals surface area (Å²) in [6.45, 7) is 4.26. The number of ether oxygens (including phenoxy) is 1. The van der Waals surface area contributed by atoms with E-state index in [0.717, 1.165) is 12.8 Å². The van der Waals surface area contributed by atoms with Gasteiger partial charge in [0.1, 0.15) is 6.29 Å². The maximum absolute atomic E-state index is 11.0. The van der Waals surface area contributed by atoms with Crippen LogP contribution in [0.25, 0.3) is 0 Å². The molecule has 0 aromatic carbocycles. The molecule has 1 rings (SSSR count). The number of aldehydes is 1. The predicted molar refractivity (Wildman–Crippen MR) is 86.8 cm³/mol. The Kier molecular flexibility index (Phi) is 14.7. The molecule has 3 N–H and O–H groups in total. The molecule has 7 heteroatoms. The summed E-state index contributed by atoms with van der Waals surface area (Å²) in [5, 5.41) is 8.02. The van der Waals surface area contributed by atoms with Crippen LogP contribution in [0.2, 0.25) is 0 Å². The molecule has 1 aliphatic carbocycles. The SMILES string of the molecule is CCC.CNC(=O)CC1(NC)CCC1.COC(=O)NCC=O. The van der Waals surface area contributed by atoms with Crippen LogP contribution in [0.4, 0.5) is 4.79 Å². The minimum Gasteiger partial charge on any atom is -0.453 e. The van der Waals surface area contributed by atoms with Gasteiger partial charge in [-0.2, -0.15) is 0 Å². The van der Waals surface area contributed by atoms with E-state index in [4.69, 9.17) is 0 Å². The highest BCUT2D eigenvalue weighted by molar-refractivity contribution is 5.77. The van der Waals surface area contributed by atoms with Gasteiger partial charge in [0.25, 0.3) is 0 Å². The molecule has 1 saturated carbocycles. The molecule has 0 aromatic heterocycles. The Labute approximate surface area is 133 Å². The van der Waals surface area contributed by atoms with Crippen molar-refractivity contribution in [3.63, 3.8) is 0 Å². The number of carbonyl (C=O) groups is 3. The van der Waals surface area contributed by atoms with Crippen molar-refractivity contribution in [3.8, 4) is 0 Å². The Hall–Kier alpha value is -1.63. The van der Waals surface area contributed by atoms with Gasteiger partial charge in [0.2, 0.25) is 5.91 Å². The number of hydrogen-bond donors (Lipinski definition) is 3. The number of carbonyl (C=O) groups excluding carboxylic acids is 3. The van der Waals surface area contributed by atoms with Gasteiger partial charge in [-0.15, -0.1) is 0 Å². The molecule has 22 heavy (non-hydrogen) atoms. The molecule has 130 valence electrons. The van der Waals surface area contributed by atoms with Crippen molar-refractivity contribution in [1.82, 2.24) is 16.0 Å². The lowest BCUT2D eigenvalue weighted by molar-refractivity contribution is -0.123. The van der Waals surface area contributed by atoms with E-state index >= 15 is 0 Å². The van der Waals surface area contributed by atoms with E-state index in [9.17, 15) is 14.4 Å². The molecule has 1 fully saturated rings. The molecule has 0 saturated heterocycles. The van der Waals surface area contributed by atoms with Crippen LogP contribution in [0.15, 0.2) is 0 Å². The average Bonchev–Trinajstić information content (AvgIpc) is 2.49. The molecule has 0 aliphatic heterocycles. The van der Waals surface area contributed by atoms with Crippen LogP contribution in [0.5, 0.6) is 0 Å². The van der Waals surface area contributed by atoms with Crippen molar-refractivity contribution >= 4 is 18.3 Å². The lowest BCUT2D eigenvalue weighted by atomic mass is 9.74. The standard InChI is InChI=1S/C8H16N2O.C4H7NO3.C3H8/c1-9-7(11)6-8(10-2)4-3-5-8;1-8-4(7)5-2-3-6;1-3-2/h10H,3-6H2,1-2H3,(H,9,11);3H,2H2,1H3,(H,5,7);3H2,1-2H3. The minimum absolute atomic E-state index is 0.00662. The fourth-order valence-electron chi connectivity index (χ4n) is 1.71. The summed E-state index contributed by atoms with van der Waals surface area (Å²) >= 11 is 0. The van der Waals surface area contributed by atoms with Gasteiger partial charge in [-0.3, -0.25) is 4.79 Å². The zero-order valence-electron chi connectivity index (χ0n) is 14.5. The Morgan fingerprint density at radius 1 is 1.23 bits per heavy atom. The first-order valence-corrected chi connectivity index (χ1v) is 7.60. The summed E-state index contributed by atoms with van der Waals surface area (Å²) in [4.78, 5) is 30.7. The van der Waals surface area contributed by atoms with Crippen LogP contribution in [-0.2, 0) is 14.3 Å². The quantitative estimate of drug-likeness (QED) is 0.663. The van der Waals surface area contributed by atoms with Crippen molar-refractivity contribution in [3.05, 3.63) is 0 Å². The van der Waals surface area contributed by atoms with Crippen molar-refractivity contribution in [1.29, 1.82) is 0 Å². The molecule has 1 aliphatic rings. The second-order valence-corrected chi connectivity index (χ2v) is 4.98. The van der Waals surface area contributed by atoms with E-state index in [1.165, 1.54) is 20.0 Å². The highest BCUT2D eigenvalue weighted by Gasteiger charge is 2.36. The molecule has 0 radical (unpaired) electrons. The van der Waals surface area contributed by atoms with Gasteiger partial charge in [-0.1, -0.05) is 20.3 Å². The zero-order valence-corrected chi connectivity index (χ0v) is 14.5. The summed E-state index contributed by atoms with van der Waals surface area (Å²) in [5.74, 6) is 0.138. The molecule has 0 bridgehead atoms. The van der Waals surface area contributed by atoms with Crippen molar-refractivity contribution in [2.75, 3.05) is 27.7 Å². The summed E-state index contributed by atoms with van der Waals surface area (Å²) in [6.07, 6.45) is 5.39. The third-order valence-corrected chi connectivity index (χ3v) is 3.13. The first-order valence-electron chi connectivity index (χ1n) is 7.60. The molecule has 0 heterocycles. The summed E-state index contributed by atoms with van der Waals surface area (Å²) in [5.41, 5.74) is 0.125. The van der Waals surface area contributed by atoms with Gasteiger partial charge in [0, 0.05) is 19.0 Å². The molecule has 0 spiro atoms. The second-order valence-electron chi connectivity index (χ2n) is 4.98. The fourth-order valence-corrected chi connectivity index (χ4v) is 1.71. The molecule has 2 amide bonds. The topological polar surface area (TPSA) is 96.5 Å². The van der Waals surface area contributed by atoms with Gasteiger partial charge in [-0.05, 0) is 26.3 Å². The van der Waals surface area contributed by atoms with Gasteiger partial charge >= 0.3 is 6.09 Å². The Morgan fingerprint density at radius 3 is 2.05 bits per heavy atom. The lowest BCUT2D eigenvalue weighted by Gasteiger charge is -2.41. The van der Waals surface area contributed by atoms with E-state index in [2.05, 4.69) is 34.5 Å². The number of rotatable bonds is 5. The largest absolute Gasteiger partial charge is 0.453 e. The zero-order chi connectivity index (χ0) is 17.4. The molecule has 0 unspecified atom stereocenters. The molecular weight excluding hydrogens is 286 g/mol. The van der Waals surface area contributed by atoms with Gasteiger partial charge in [0.05, 0.1) is 13.7 Å². The Balaban J connectivity index is 0. The van der Waals surface area contributed by atoms with Crippen LogP contribution in [0.3, 0.4) is 0 Å². The average molecular weight is 317 g/mol. The number of nitrogens with one attached hydrogen (secondary N) is 3. The predicted octanol–water partition coefficient (Wildman–Crippen LogP) is 1.22. The number of hydrogen-bond acceptors (Lipinski definition) is 5. The molecular formula is C15H31N3O4. The Bertz CT molecular complexity index is 312. The molecule has 0 aromatic rings. The highest BCUT2D eigenvalue weighted by Crippen LogP contribution is 2.34. The van der Waals surface area contributed by atoms with Gasteiger partial charge in [0.15, 0.2) is 0 Å². The van der Waals surface area contributed by atoms with E-state index in [-0.39, 0.29) is 18.0 Å². The van der Waals surface area contributed by atoms with Gasteiger partial charge in [-0.25, -0.2) is 4.79 Å². The van der Waals surface area contributed by atoms with E-state index < -0.39 is 6.09 Å². The summed E-state index contributed by atoms with van der Waals surface area (Å²) in [6, 6.07) is 0. The molecule has 0 atom stereocenters. The maximum Gasteiger partial charge on any atom is 0.407 e. The lowest BCUT2D eigenvalue weighted by Crippen LogP contribution is -2.51. The van der Waals surface area contributed by atoms with Crippen molar-refractivity contribution < 1.29 is 19.1 Å². The summed E-state index contributed by atoms with van der Waals surface area (Å²) < 4.78 is 4.14. The smallest absolute Gasteiger partial charge is 0.407 e. The Morgan fingerprint density at radius 2 is 1.77 bits per heavy atom. The summed E-state index contributed by atoms with van der Waals surface area (Å²) in [7, 11) is 4.85. The normalized spacial score (nSPS) is 13.9. The number of methoxy groups -OCH3 is 1. The van der Waals surface area contributed by atoms with Crippen LogP contribution in [0, 0.1) is 0 Å². The third kappa shape index (κ3) is 11.1. The maximum atomic E-state index is 11.0.